The van der Waals surface area contributed by atoms with Crippen LogP contribution in [0, 0.1) is 0 Å². The van der Waals surface area contributed by atoms with Crippen molar-refractivity contribution in [1.29, 1.82) is 0 Å². The first-order chi connectivity index (χ1) is 7.38. The molecule has 0 saturated heterocycles. The minimum absolute atomic E-state index is 0.894. The van der Waals surface area contributed by atoms with Gasteiger partial charge < -0.3 is 4.74 Å². The summed E-state index contributed by atoms with van der Waals surface area (Å²) in [6.07, 6.45) is 4.12. The lowest BCUT2D eigenvalue weighted by Crippen LogP contribution is -2.32. The normalized spacial score (nSPS) is 9.93. The van der Waals surface area contributed by atoms with Crippen LogP contribution in [-0.4, -0.2) is 7.11 Å². The number of aromatic nitrogens is 1. The zero-order valence-corrected chi connectivity index (χ0v) is 8.76. The SMILES string of the molecule is COc1ccc(C[n+]2ccccc2)cc1. The highest BCUT2D eigenvalue weighted by atomic mass is 16.5. The van der Waals surface area contributed by atoms with Crippen LogP contribution < -0.4 is 9.30 Å². The fraction of sp³-hybridized carbons (Fsp3) is 0.154. The van der Waals surface area contributed by atoms with E-state index in [1.165, 1.54) is 5.56 Å². The van der Waals surface area contributed by atoms with Crippen LogP contribution in [0.25, 0.3) is 0 Å². The number of methoxy groups -OCH3 is 1. The van der Waals surface area contributed by atoms with Crippen LogP contribution in [0.15, 0.2) is 54.9 Å². The summed E-state index contributed by atoms with van der Waals surface area (Å²) in [6.45, 7) is 0.894. The molecule has 1 aromatic carbocycles. The lowest BCUT2D eigenvalue weighted by Gasteiger charge is -2.00. The fourth-order valence-electron chi connectivity index (χ4n) is 1.48. The molecule has 0 atom stereocenters. The van der Waals surface area contributed by atoms with Crippen molar-refractivity contribution < 1.29 is 9.30 Å². The monoisotopic (exact) mass is 200 g/mol. The van der Waals surface area contributed by atoms with Gasteiger partial charge in [0.15, 0.2) is 18.9 Å². The summed E-state index contributed by atoms with van der Waals surface area (Å²) < 4.78 is 7.25. The Morgan fingerprint density at radius 1 is 1.00 bits per heavy atom. The summed E-state index contributed by atoms with van der Waals surface area (Å²) in [5, 5.41) is 0. The molecule has 0 amide bonds. The van der Waals surface area contributed by atoms with Crippen LogP contribution in [-0.2, 0) is 6.54 Å². The van der Waals surface area contributed by atoms with Crippen molar-refractivity contribution in [3.8, 4) is 5.75 Å². The molecule has 1 aromatic heterocycles. The largest absolute Gasteiger partial charge is 0.497 e. The maximum absolute atomic E-state index is 5.11. The second-order valence-corrected chi connectivity index (χ2v) is 3.40. The molecular formula is C13H14NO+. The van der Waals surface area contributed by atoms with Crippen molar-refractivity contribution in [2.24, 2.45) is 0 Å². The fourth-order valence-corrected chi connectivity index (χ4v) is 1.48. The average Bonchev–Trinajstić information content (AvgIpc) is 2.31. The standard InChI is InChI=1S/C13H14NO/c1-15-13-7-5-12(6-8-13)11-14-9-3-2-4-10-14/h2-10H,11H2,1H3/q+1. The number of pyridine rings is 1. The summed E-state index contributed by atoms with van der Waals surface area (Å²) in [7, 11) is 1.68. The molecule has 2 aromatic rings. The van der Waals surface area contributed by atoms with Crippen molar-refractivity contribution in [1.82, 2.24) is 0 Å². The topological polar surface area (TPSA) is 13.1 Å². The van der Waals surface area contributed by atoms with E-state index in [-0.39, 0.29) is 0 Å². The Hall–Kier alpha value is -1.83. The highest BCUT2D eigenvalue weighted by Crippen LogP contribution is 2.10. The molecule has 2 rings (SSSR count). The minimum Gasteiger partial charge on any atom is -0.497 e. The van der Waals surface area contributed by atoms with Gasteiger partial charge in [-0.05, 0) is 24.3 Å². The molecule has 0 saturated carbocycles. The van der Waals surface area contributed by atoms with E-state index in [1.807, 2.05) is 30.3 Å². The van der Waals surface area contributed by atoms with Crippen LogP contribution in [0.4, 0.5) is 0 Å². The summed E-state index contributed by atoms with van der Waals surface area (Å²) in [4.78, 5) is 0. The summed E-state index contributed by atoms with van der Waals surface area (Å²) in [5.74, 6) is 0.900. The summed E-state index contributed by atoms with van der Waals surface area (Å²) >= 11 is 0. The second-order valence-electron chi connectivity index (χ2n) is 3.40. The molecule has 0 spiro atoms. The molecule has 76 valence electrons. The Kier molecular flexibility index (Phi) is 2.98. The van der Waals surface area contributed by atoms with Gasteiger partial charge in [0.1, 0.15) is 5.75 Å². The van der Waals surface area contributed by atoms with Crippen molar-refractivity contribution in [3.05, 3.63) is 60.4 Å². The van der Waals surface area contributed by atoms with Crippen LogP contribution in [0.3, 0.4) is 0 Å². The van der Waals surface area contributed by atoms with E-state index in [0.29, 0.717) is 0 Å². The Morgan fingerprint density at radius 3 is 2.27 bits per heavy atom. The van der Waals surface area contributed by atoms with Crippen LogP contribution in [0.1, 0.15) is 5.56 Å². The Labute approximate surface area is 89.8 Å². The van der Waals surface area contributed by atoms with Crippen molar-refractivity contribution in [2.45, 2.75) is 6.54 Å². The van der Waals surface area contributed by atoms with Gasteiger partial charge in [-0.1, -0.05) is 6.07 Å². The Balaban J connectivity index is 2.11. The van der Waals surface area contributed by atoms with Crippen LogP contribution in [0.2, 0.25) is 0 Å². The molecule has 0 radical (unpaired) electrons. The zero-order chi connectivity index (χ0) is 10.5. The third-order valence-corrected chi connectivity index (χ3v) is 2.30. The van der Waals surface area contributed by atoms with E-state index in [2.05, 4.69) is 29.1 Å². The molecule has 1 heterocycles. The quantitative estimate of drug-likeness (QED) is 0.691. The molecule has 0 aliphatic carbocycles. The smallest absolute Gasteiger partial charge is 0.173 e. The highest BCUT2D eigenvalue weighted by Gasteiger charge is 2.00. The molecule has 0 unspecified atom stereocenters. The van der Waals surface area contributed by atoms with Gasteiger partial charge in [0.25, 0.3) is 0 Å². The molecule has 15 heavy (non-hydrogen) atoms. The van der Waals surface area contributed by atoms with E-state index in [9.17, 15) is 0 Å². The number of hydrogen-bond acceptors (Lipinski definition) is 1. The first-order valence-corrected chi connectivity index (χ1v) is 4.95. The van der Waals surface area contributed by atoms with Crippen LogP contribution >= 0.6 is 0 Å². The molecule has 0 N–H and O–H groups in total. The van der Waals surface area contributed by atoms with Gasteiger partial charge in [-0.15, -0.1) is 0 Å². The molecule has 2 nitrogen and oxygen atoms in total. The van der Waals surface area contributed by atoms with E-state index in [0.717, 1.165) is 12.3 Å². The van der Waals surface area contributed by atoms with E-state index < -0.39 is 0 Å². The van der Waals surface area contributed by atoms with Crippen molar-refractivity contribution in [2.75, 3.05) is 7.11 Å². The second kappa shape index (κ2) is 4.60. The van der Waals surface area contributed by atoms with Crippen molar-refractivity contribution in [3.63, 3.8) is 0 Å². The maximum atomic E-state index is 5.11. The molecular weight excluding hydrogens is 186 g/mol. The first kappa shape index (κ1) is 9.71. The molecule has 0 aliphatic heterocycles. The zero-order valence-electron chi connectivity index (χ0n) is 8.76. The molecule has 0 aliphatic rings. The lowest BCUT2D eigenvalue weighted by molar-refractivity contribution is -0.688. The summed E-state index contributed by atoms with van der Waals surface area (Å²) in [6, 6.07) is 14.2. The number of ether oxygens (including phenoxy) is 1. The number of hydrogen-bond donors (Lipinski definition) is 0. The third kappa shape index (κ3) is 2.56. The van der Waals surface area contributed by atoms with Crippen LogP contribution in [0.5, 0.6) is 5.75 Å². The number of nitrogens with zero attached hydrogens (tertiary/aromatic N) is 1. The predicted molar refractivity (Wildman–Crippen MR) is 58.7 cm³/mol. The van der Waals surface area contributed by atoms with E-state index in [4.69, 9.17) is 4.74 Å². The highest BCUT2D eigenvalue weighted by molar-refractivity contribution is 5.26. The van der Waals surface area contributed by atoms with Gasteiger partial charge in [-0.25, -0.2) is 4.57 Å². The Bertz CT molecular complexity index is 408. The molecule has 0 bridgehead atoms. The van der Waals surface area contributed by atoms with Gasteiger partial charge >= 0.3 is 0 Å². The van der Waals surface area contributed by atoms with Gasteiger partial charge in [0, 0.05) is 17.7 Å². The lowest BCUT2D eigenvalue weighted by atomic mass is 10.2. The number of benzene rings is 1. The predicted octanol–water partition coefficient (Wildman–Crippen LogP) is 2.03. The van der Waals surface area contributed by atoms with Gasteiger partial charge in [0.05, 0.1) is 7.11 Å². The maximum Gasteiger partial charge on any atom is 0.173 e. The third-order valence-electron chi connectivity index (χ3n) is 2.30. The Morgan fingerprint density at radius 2 is 1.67 bits per heavy atom. The first-order valence-electron chi connectivity index (χ1n) is 4.95. The number of rotatable bonds is 3. The average molecular weight is 200 g/mol. The van der Waals surface area contributed by atoms with E-state index >= 15 is 0 Å². The van der Waals surface area contributed by atoms with Gasteiger partial charge in [-0.2, -0.15) is 0 Å². The minimum atomic E-state index is 0.894. The van der Waals surface area contributed by atoms with Crippen molar-refractivity contribution >= 4 is 0 Å². The van der Waals surface area contributed by atoms with Gasteiger partial charge in [-0.3, -0.25) is 0 Å². The van der Waals surface area contributed by atoms with Gasteiger partial charge in [0.2, 0.25) is 0 Å². The molecule has 2 heteroatoms. The molecule has 0 fully saturated rings. The van der Waals surface area contributed by atoms with E-state index in [1.54, 1.807) is 7.11 Å². The summed E-state index contributed by atoms with van der Waals surface area (Å²) in [5.41, 5.74) is 1.27.